The van der Waals surface area contributed by atoms with Crippen LogP contribution in [0, 0.1) is 5.92 Å². The van der Waals surface area contributed by atoms with Gasteiger partial charge in [0.2, 0.25) is 0 Å². The third-order valence-corrected chi connectivity index (χ3v) is 13.9. The molecule has 0 aliphatic rings. The SMILES string of the molecule is CCCCCCCCCCCCCCCCCC(=O)OC[C@@H](COC(=O)CCCCCCCCCCCCCCCCCCCCC(C)CC)OC(=O)CCCCCCCCCCCC. The zero-order valence-electron chi connectivity index (χ0n) is 44.5. The molecule has 0 aromatic rings. The molecule has 2 atom stereocenters. The molecule has 0 aliphatic carbocycles. The van der Waals surface area contributed by atoms with Crippen LogP contribution in [0.25, 0.3) is 0 Å². The van der Waals surface area contributed by atoms with Crippen LogP contribution in [0.2, 0.25) is 0 Å². The minimum atomic E-state index is -0.761. The Bertz CT molecular complexity index is 982. The molecule has 0 bridgehead atoms. The van der Waals surface area contributed by atoms with Gasteiger partial charge in [0.25, 0.3) is 0 Å². The Hall–Kier alpha value is -1.59. The van der Waals surface area contributed by atoms with E-state index in [9.17, 15) is 14.4 Å². The molecular weight excluding hydrogens is 805 g/mol. The first-order valence-corrected chi connectivity index (χ1v) is 29.4. The molecule has 6 nitrogen and oxygen atoms in total. The van der Waals surface area contributed by atoms with Crippen molar-refractivity contribution in [3.8, 4) is 0 Å². The second-order valence-corrected chi connectivity index (χ2v) is 20.5. The van der Waals surface area contributed by atoms with Crippen molar-refractivity contribution in [3.63, 3.8) is 0 Å². The highest BCUT2D eigenvalue weighted by Crippen LogP contribution is 2.18. The molecule has 0 aromatic carbocycles. The third kappa shape index (κ3) is 51.6. The molecule has 0 spiro atoms. The van der Waals surface area contributed by atoms with Crippen molar-refractivity contribution in [2.75, 3.05) is 13.2 Å². The summed E-state index contributed by atoms with van der Waals surface area (Å²) in [5.41, 5.74) is 0. The lowest BCUT2D eigenvalue weighted by atomic mass is 9.99. The van der Waals surface area contributed by atoms with E-state index in [1.165, 1.54) is 231 Å². The quantitative estimate of drug-likeness (QED) is 0.0344. The van der Waals surface area contributed by atoms with Gasteiger partial charge in [0.05, 0.1) is 0 Å². The van der Waals surface area contributed by atoms with Gasteiger partial charge in [-0.15, -0.1) is 0 Å². The summed E-state index contributed by atoms with van der Waals surface area (Å²) >= 11 is 0. The topological polar surface area (TPSA) is 78.9 Å². The van der Waals surface area contributed by atoms with E-state index >= 15 is 0 Å². The molecular formula is C59H114O6. The van der Waals surface area contributed by atoms with Gasteiger partial charge in [0.15, 0.2) is 6.10 Å². The van der Waals surface area contributed by atoms with Crippen LogP contribution >= 0.6 is 0 Å². The normalized spacial score (nSPS) is 12.4. The second kappa shape index (κ2) is 53.4. The molecule has 0 aromatic heterocycles. The number of carbonyl (C=O) groups is 3. The van der Waals surface area contributed by atoms with E-state index in [-0.39, 0.29) is 31.1 Å². The van der Waals surface area contributed by atoms with Gasteiger partial charge in [0, 0.05) is 19.3 Å². The second-order valence-electron chi connectivity index (χ2n) is 20.5. The van der Waals surface area contributed by atoms with E-state index in [1.54, 1.807) is 0 Å². The Kier molecular flexibility index (Phi) is 52.1. The van der Waals surface area contributed by atoms with E-state index in [0.717, 1.165) is 63.7 Å². The van der Waals surface area contributed by atoms with Gasteiger partial charge in [-0.3, -0.25) is 14.4 Å². The fourth-order valence-electron chi connectivity index (χ4n) is 9.07. The molecule has 0 rings (SSSR count). The maximum atomic E-state index is 12.8. The van der Waals surface area contributed by atoms with Gasteiger partial charge in [-0.05, 0) is 25.2 Å². The molecule has 0 radical (unpaired) electrons. The van der Waals surface area contributed by atoms with Gasteiger partial charge < -0.3 is 14.2 Å². The van der Waals surface area contributed by atoms with E-state index < -0.39 is 6.10 Å². The smallest absolute Gasteiger partial charge is 0.306 e. The number of ether oxygens (including phenoxy) is 3. The maximum Gasteiger partial charge on any atom is 0.306 e. The molecule has 0 saturated carbocycles. The Labute approximate surface area is 406 Å². The lowest BCUT2D eigenvalue weighted by molar-refractivity contribution is -0.167. The summed E-state index contributed by atoms with van der Waals surface area (Å²) < 4.78 is 16.9. The first-order valence-electron chi connectivity index (χ1n) is 29.4. The van der Waals surface area contributed by atoms with Crippen molar-refractivity contribution < 1.29 is 28.6 Å². The van der Waals surface area contributed by atoms with Crippen LogP contribution in [-0.2, 0) is 28.6 Å². The van der Waals surface area contributed by atoms with E-state index in [2.05, 4.69) is 27.7 Å². The van der Waals surface area contributed by atoms with Gasteiger partial charge in [-0.2, -0.15) is 0 Å². The summed E-state index contributed by atoms with van der Waals surface area (Å²) in [6.07, 6.45) is 58.1. The molecule has 0 amide bonds. The number of hydrogen-bond donors (Lipinski definition) is 0. The Balaban J connectivity index is 4.17. The van der Waals surface area contributed by atoms with E-state index in [1.807, 2.05) is 0 Å². The van der Waals surface area contributed by atoms with Gasteiger partial charge >= 0.3 is 17.9 Å². The number of carbonyl (C=O) groups excluding carboxylic acids is 3. The molecule has 386 valence electrons. The maximum absolute atomic E-state index is 12.8. The summed E-state index contributed by atoms with van der Waals surface area (Å²) in [5.74, 6) is 0.0732. The zero-order chi connectivity index (χ0) is 47.4. The Morgan fingerprint density at radius 2 is 0.538 bits per heavy atom. The third-order valence-electron chi connectivity index (χ3n) is 13.9. The lowest BCUT2D eigenvalue weighted by Crippen LogP contribution is -2.30. The summed E-state index contributed by atoms with van der Waals surface area (Å²) in [6, 6.07) is 0. The number of unbranched alkanes of at least 4 members (excludes halogenated alkanes) is 40. The van der Waals surface area contributed by atoms with E-state index in [0.29, 0.717) is 19.3 Å². The average Bonchev–Trinajstić information content (AvgIpc) is 3.30. The molecule has 6 heteroatoms. The van der Waals surface area contributed by atoms with Crippen LogP contribution in [0.1, 0.15) is 336 Å². The largest absolute Gasteiger partial charge is 0.462 e. The predicted molar refractivity (Wildman–Crippen MR) is 280 cm³/mol. The fraction of sp³-hybridized carbons (Fsp3) is 0.949. The zero-order valence-corrected chi connectivity index (χ0v) is 44.5. The molecule has 0 N–H and O–H groups in total. The lowest BCUT2D eigenvalue weighted by Gasteiger charge is -2.18. The molecule has 0 heterocycles. The molecule has 65 heavy (non-hydrogen) atoms. The van der Waals surface area contributed by atoms with Crippen LogP contribution in [0.5, 0.6) is 0 Å². The highest BCUT2D eigenvalue weighted by Gasteiger charge is 2.19. The number of rotatable bonds is 54. The summed E-state index contributed by atoms with van der Waals surface area (Å²) in [4.78, 5) is 38.1. The highest BCUT2D eigenvalue weighted by atomic mass is 16.6. The van der Waals surface area contributed by atoms with Crippen LogP contribution in [-0.4, -0.2) is 37.2 Å². The van der Waals surface area contributed by atoms with E-state index in [4.69, 9.17) is 14.2 Å². The summed E-state index contributed by atoms with van der Waals surface area (Å²) in [6.45, 7) is 9.10. The van der Waals surface area contributed by atoms with Crippen molar-refractivity contribution >= 4 is 17.9 Å². The van der Waals surface area contributed by atoms with Crippen molar-refractivity contribution in [3.05, 3.63) is 0 Å². The standard InChI is InChI=1S/C59H114O6/c1-5-8-10-12-14-16-18-19-24-28-31-35-38-42-46-50-57(60)63-53-56(65-59(62)52-48-44-40-34-17-15-13-11-9-6-2)54-64-58(61)51-47-43-39-36-32-29-26-23-21-20-22-25-27-30-33-37-41-45-49-55(4)7-3/h55-56H,5-54H2,1-4H3/t55?,56-/m0/s1. The number of hydrogen-bond acceptors (Lipinski definition) is 6. The first kappa shape index (κ1) is 63.4. The van der Waals surface area contributed by atoms with Crippen molar-refractivity contribution in [2.24, 2.45) is 5.92 Å². The average molecular weight is 920 g/mol. The van der Waals surface area contributed by atoms with Gasteiger partial charge in [-0.25, -0.2) is 0 Å². The van der Waals surface area contributed by atoms with Crippen LogP contribution < -0.4 is 0 Å². The van der Waals surface area contributed by atoms with Crippen LogP contribution in [0.4, 0.5) is 0 Å². The molecule has 0 fully saturated rings. The minimum absolute atomic E-state index is 0.0619. The fourth-order valence-corrected chi connectivity index (χ4v) is 9.07. The highest BCUT2D eigenvalue weighted by molar-refractivity contribution is 5.71. The summed E-state index contributed by atoms with van der Waals surface area (Å²) in [7, 11) is 0. The van der Waals surface area contributed by atoms with Crippen molar-refractivity contribution in [1.29, 1.82) is 0 Å². The molecule has 0 saturated heterocycles. The van der Waals surface area contributed by atoms with Crippen LogP contribution in [0.3, 0.4) is 0 Å². The van der Waals surface area contributed by atoms with Gasteiger partial charge in [-0.1, -0.05) is 297 Å². The Morgan fingerprint density at radius 1 is 0.308 bits per heavy atom. The summed E-state index contributed by atoms with van der Waals surface area (Å²) in [5, 5.41) is 0. The van der Waals surface area contributed by atoms with Crippen LogP contribution in [0.15, 0.2) is 0 Å². The molecule has 1 unspecified atom stereocenters. The number of esters is 3. The van der Waals surface area contributed by atoms with Crippen molar-refractivity contribution in [2.45, 2.75) is 342 Å². The predicted octanol–water partition coefficient (Wildman–Crippen LogP) is 19.4. The molecule has 0 aliphatic heterocycles. The monoisotopic (exact) mass is 919 g/mol. The minimum Gasteiger partial charge on any atom is -0.462 e. The first-order chi connectivity index (χ1) is 31.9. The Morgan fingerprint density at radius 3 is 0.800 bits per heavy atom. The van der Waals surface area contributed by atoms with Crippen molar-refractivity contribution in [1.82, 2.24) is 0 Å². The van der Waals surface area contributed by atoms with Gasteiger partial charge in [0.1, 0.15) is 13.2 Å².